The molecule has 1 saturated heterocycles. The van der Waals surface area contributed by atoms with Crippen molar-refractivity contribution in [2.24, 2.45) is 0 Å². The van der Waals surface area contributed by atoms with Crippen LogP contribution in [0.4, 0.5) is 10.5 Å². The maximum absolute atomic E-state index is 13.3. The minimum atomic E-state index is -0.0852. The predicted octanol–water partition coefficient (Wildman–Crippen LogP) is 4.46. The molecular formula is C24H30N4O3. The number of amides is 2. The van der Waals surface area contributed by atoms with E-state index in [2.05, 4.69) is 16.9 Å². The van der Waals surface area contributed by atoms with Crippen LogP contribution in [0, 0.1) is 0 Å². The largest absolute Gasteiger partial charge is 0.493 e. The number of nitrogens with one attached hydrogen (secondary N) is 1. The molecule has 7 nitrogen and oxygen atoms in total. The number of urea groups is 1. The Morgan fingerprint density at radius 3 is 2.90 bits per heavy atom. The van der Waals surface area contributed by atoms with Gasteiger partial charge in [-0.3, -0.25) is 4.90 Å². The first kappa shape index (κ1) is 21.2. The van der Waals surface area contributed by atoms with Gasteiger partial charge in [-0.05, 0) is 36.6 Å². The number of aliphatic hydroxyl groups excluding tert-OH is 1. The van der Waals surface area contributed by atoms with Crippen molar-refractivity contribution in [3.8, 4) is 5.75 Å². The molecule has 1 aliphatic heterocycles. The standard InChI is InChI=1S/C24H30N4O3/c1-2-3-4-14-31-22-15-20(7-6-19(22)17-29)28-13-5-12-27(24(28)30)16-18-8-10-25-23-21(18)9-11-26-23/h6-11,15,29H,2-5,12-14,16-17H2,1H3,(H,25,26). The molecule has 1 fully saturated rings. The zero-order valence-electron chi connectivity index (χ0n) is 18.0. The van der Waals surface area contributed by atoms with Crippen molar-refractivity contribution in [2.75, 3.05) is 24.6 Å². The van der Waals surface area contributed by atoms with E-state index in [1.54, 1.807) is 11.1 Å². The highest BCUT2D eigenvalue weighted by atomic mass is 16.5. The van der Waals surface area contributed by atoms with Crippen LogP contribution in [0.5, 0.6) is 5.75 Å². The van der Waals surface area contributed by atoms with Crippen LogP contribution < -0.4 is 9.64 Å². The summed E-state index contributed by atoms with van der Waals surface area (Å²) in [6, 6.07) is 9.59. The number of carbonyl (C=O) groups excluding carboxylic acids is 1. The van der Waals surface area contributed by atoms with Gasteiger partial charge in [0.2, 0.25) is 0 Å². The molecule has 0 radical (unpaired) electrons. The molecule has 2 N–H and O–H groups in total. The Kier molecular flexibility index (Phi) is 6.72. The SMILES string of the molecule is CCCCCOc1cc(N2CCCN(Cc3ccnc4[nH]ccc34)C2=O)ccc1CO. The van der Waals surface area contributed by atoms with Crippen LogP contribution in [0.25, 0.3) is 11.0 Å². The van der Waals surface area contributed by atoms with Crippen LogP contribution >= 0.6 is 0 Å². The van der Waals surface area contributed by atoms with E-state index in [-0.39, 0.29) is 12.6 Å². The second-order valence-corrected chi connectivity index (χ2v) is 7.93. The van der Waals surface area contributed by atoms with Crippen molar-refractivity contribution in [3.63, 3.8) is 0 Å². The van der Waals surface area contributed by atoms with Gasteiger partial charge in [-0.25, -0.2) is 9.78 Å². The van der Waals surface area contributed by atoms with E-state index < -0.39 is 0 Å². The average Bonchev–Trinajstić information content (AvgIpc) is 3.28. The van der Waals surface area contributed by atoms with Crippen LogP contribution in [-0.4, -0.2) is 45.7 Å². The van der Waals surface area contributed by atoms with Crippen LogP contribution in [-0.2, 0) is 13.2 Å². The van der Waals surface area contributed by atoms with E-state index in [1.807, 2.05) is 41.4 Å². The molecule has 1 aromatic carbocycles. The Morgan fingerprint density at radius 1 is 1.16 bits per heavy atom. The van der Waals surface area contributed by atoms with Gasteiger partial charge in [0.05, 0.1) is 13.2 Å². The number of hydrogen-bond acceptors (Lipinski definition) is 4. The molecule has 0 atom stereocenters. The lowest BCUT2D eigenvalue weighted by molar-refractivity contribution is 0.192. The number of carbonyl (C=O) groups is 1. The minimum absolute atomic E-state index is 0.0135. The molecule has 4 rings (SSSR count). The van der Waals surface area contributed by atoms with E-state index in [4.69, 9.17) is 4.74 Å². The van der Waals surface area contributed by atoms with Crippen LogP contribution in [0.2, 0.25) is 0 Å². The van der Waals surface area contributed by atoms with Crippen LogP contribution in [0.15, 0.2) is 42.7 Å². The third-order valence-electron chi connectivity index (χ3n) is 5.76. The Bertz CT molecular complexity index is 1030. The van der Waals surface area contributed by atoms with Gasteiger partial charge < -0.3 is 19.7 Å². The highest BCUT2D eigenvalue weighted by Gasteiger charge is 2.28. The van der Waals surface area contributed by atoms with Crippen molar-refractivity contribution in [1.82, 2.24) is 14.9 Å². The summed E-state index contributed by atoms with van der Waals surface area (Å²) < 4.78 is 5.94. The molecule has 0 bridgehead atoms. The number of benzene rings is 1. The van der Waals surface area contributed by atoms with Crippen molar-refractivity contribution >= 4 is 22.8 Å². The summed E-state index contributed by atoms with van der Waals surface area (Å²) in [5, 5.41) is 10.7. The van der Waals surface area contributed by atoms with Gasteiger partial charge in [-0.15, -0.1) is 0 Å². The smallest absolute Gasteiger partial charge is 0.324 e. The molecule has 0 unspecified atom stereocenters. The van der Waals surface area contributed by atoms with Gasteiger partial charge in [-0.1, -0.05) is 25.8 Å². The first-order chi connectivity index (χ1) is 15.2. The van der Waals surface area contributed by atoms with Crippen molar-refractivity contribution in [3.05, 3.63) is 53.9 Å². The molecule has 0 aliphatic carbocycles. The Morgan fingerprint density at radius 2 is 2.06 bits per heavy atom. The van der Waals surface area contributed by atoms with Gasteiger partial charge in [-0.2, -0.15) is 0 Å². The second-order valence-electron chi connectivity index (χ2n) is 7.93. The molecule has 2 amide bonds. The maximum atomic E-state index is 13.3. The predicted molar refractivity (Wildman–Crippen MR) is 121 cm³/mol. The van der Waals surface area contributed by atoms with Gasteiger partial charge in [0.15, 0.2) is 0 Å². The summed E-state index contributed by atoms with van der Waals surface area (Å²) >= 11 is 0. The zero-order chi connectivity index (χ0) is 21.6. The number of fused-ring (bicyclic) bond motifs is 1. The number of nitrogens with zero attached hydrogens (tertiary/aromatic N) is 3. The number of aromatic amines is 1. The van der Waals surface area contributed by atoms with Crippen molar-refractivity contribution in [2.45, 2.75) is 45.8 Å². The molecule has 0 saturated carbocycles. The molecular weight excluding hydrogens is 392 g/mol. The quantitative estimate of drug-likeness (QED) is 0.499. The van der Waals surface area contributed by atoms with Gasteiger partial charge >= 0.3 is 6.03 Å². The van der Waals surface area contributed by atoms with Crippen molar-refractivity contribution in [1.29, 1.82) is 0 Å². The topological polar surface area (TPSA) is 81.7 Å². The summed E-state index contributed by atoms with van der Waals surface area (Å²) in [6.45, 7) is 4.61. The monoisotopic (exact) mass is 422 g/mol. The van der Waals surface area contributed by atoms with Crippen LogP contribution in [0.3, 0.4) is 0 Å². The van der Waals surface area contributed by atoms with Gasteiger partial charge in [0, 0.05) is 54.7 Å². The fourth-order valence-corrected chi connectivity index (χ4v) is 4.04. The molecule has 3 aromatic rings. The van der Waals surface area contributed by atoms with E-state index in [0.717, 1.165) is 60.1 Å². The normalized spacial score (nSPS) is 14.5. The fourth-order valence-electron chi connectivity index (χ4n) is 4.04. The Labute approximate surface area is 182 Å². The number of aromatic nitrogens is 2. The van der Waals surface area contributed by atoms with Crippen molar-refractivity contribution < 1.29 is 14.6 Å². The maximum Gasteiger partial charge on any atom is 0.324 e. The Hall–Kier alpha value is -3.06. The first-order valence-corrected chi connectivity index (χ1v) is 11.0. The van der Waals surface area contributed by atoms with Crippen LogP contribution in [0.1, 0.15) is 43.7 Å². The molecule has 0 spiro atoms. The third-order valence-corrected chi connectivity index (χ3v) is 5.76. The Balaban J connectivity index is 1.51. The van der Waals surface area contributed by atoms with E-state index in [1.165, 1.54) is 0 Å². The fraction of sp³-hybridized carbons (Fsp3) is 0.417. The van der Waals surface area contributed by atoms with Gasteiger partial charge in [0.25, 0.3) is 0 Å². The molecule has 164 valence electrons. The number of anilines is 1. The summed E-state index contributed by atoms with van der Waals surface area (Å²) in [5.41, 5.74) is 3.47. The molecule has 3 heterocycles. The number of ether oxygens (including phenoxy) is 1. The first-order valence-electron chi connectivity index (χ1n) is 11.0. The van der Waals surface area contributed by atoms with E-state index in [9.17, 15) is 9.90 Å². The summed E-state index contributed by atoms with van der Waals surface area (Å²) in [6.07, 6.45) is 7.74. The average molecular weight is 423 g/mol. The molecule has 7 heteroatoms. The number of aliphatic hydroxyl groups is 1. The summed E-state index contributed by atoms with van der Waals surface area (Å²) in [7, 11) is 0. The highest BCUT2D eigenvalue weighted by Crippen LogP contribution is 2.29. The van der Waals surface area contributed by atoms with E-state index >= 15 is 0 Å². The summed E-state index contributed by atoms with van der Waals surface area (Å²) in [5.74, 6) is 0.657. The number of pyridine rings is 1. The lowest BCUT2D eigenvalue weighted by Gasteiger charge is -2.36. The van der Waals surface area contributed by atoms with E-state index in [0.29, 0.717) is 25.4 Å². The number of unbranched alkanes of at least 4 members (excludes halogenated alkanes) is 2. The second kappa shape index (κ2) is 9.83. The number of H-pyrrole nitrogens is 1. The number of rotatable bonds is 9. The molecule has 1 aliphatic rings. The molecule has 2 aromatic heterocycles. The third kappa shape index (κ3) is 4.66. The summed E-state index contributed by atoms with van der Waals surface area (Å²) in [4.78, 5) is 24.5. The minimum Gasteiger partial charge on any atom is -0.493 e. The zero-order valence-corrected chi connectivity index (χ0v) is 18.0. The lowest BCUT2D eigenvalue weighted by Crippen LogP contribution is -2.49. The lowest BCUT2D eigenvalue weighted by atomic mass is 10.1. The van der Waals surface area contributed by atoms with Gasteiger partial charge in [0.1, 0.15) is 11.4 Å². The molecule has 31 heavy (non-hydrogen) atoms. The highest BCUT2D eigenvalue weighted by molar-refractivity contribution is 5.93. The number of hydrogen-bond donors (Lipinski definition) is 2.